The van der Waals surface area contributed by atoms with E-state index in [-0.39, 0.29) is 18.6 Å². The monoisotopic (exact) mass is 213 g/mol. The average Bonchev–Trinajstić information content (AvgIpc) is 2.45. The average molecular weight is 213 g/mol. The molecule has 0 bridgehead atoms. The molecule has 0 aromatic carbocycles. The van der Waals surface area contributed by atoms with Crippen LogP contribution in [0, 0.1) is 5.92 Å². The Labute approximate surface area is 89.7 Å². The highest BCUT2D eigenvalue weighted by atomic mass is 16.3. The SMILES string of the molecule is [N-]=[N+]=N[C@H]1CCCCC[C@H]1CC(O)CO. The summed E-state index contributed by atoms with van der Waals surface area (Å²) >= 11 is 0. The van der Waals surface area contributed by atoms with Crippen molar-refractivity contribution < 1.29 is 10.2 Å². The van der Waals surface area contributed by atoms with Gasteiger partial charge in [-0.1, -0.05) is 24.4 Å². The smallest absolute Gasteiger partial charge is 0.0773 e. The van der Waals surface area contributed by atoms with E-state index in [1.54, 1.807) is 0 Å². The number of nitrogens with zero attached hydrogens (tertiary/aromatic N) is 3. The summed E-state index contributed by atoms with van der Waals surface area (Å²) in [4.78, 5) is 2.87. The highest BCUT2D eigenvalue weighted by Gasteiger charge is 2.24. The maximum Gasteiger partial charge on any atom is 0.0773 e. The predicted octanol–water partition coefficient (Wildman–Crippen LogP) is 1.99. The van der Waals surface area contributed by atoms with Crippen molar-refractivity contribution in [2.45, 2.75) is 50.7 Å². The summed E-state index contributed by atoms with van der Waals surface area (Å²) in [6.07, 6.45) is 5.15. The van der Waals surface area contributed by atoms with Crippen LogP contribution in [-0.2, 0) is 0 Å². The molecule has 3 atom stereocenters. The van der Waals surface area contributed by atoms with Gasteiger partial charge in [-0.05, 0) is 30.7 Å². The van der Waals surface area contributed by atoms with E-state index in [1.165, 1.54) is 6.42 Å². The summed E-state index contributed by atoms with van der Waals surface area (Å²) in [6, 6.07) is -0.00120. The van der Waals surface area contributed by atoms with Gasteiger partial charge in [0.15, 0.2) is 0 Å². The fourth-order valence-corrected chi connectivity index (χ4v) is 2.28. The molecule has 0 saturated heterocycles. The minimum Gasteiger partial charge on any atom is -0.394 e. The van der Waals surface area contributed by atoms with Crippen molar-refractivity contribution >= 4 is 0 Å². The number of hydrogen-bond acceptors (Lipinski definition) is 3. The largest absolute Gasteiger partial charge is 0.394 e. The van der Waals surface area contributed by atoms with Crippen molar-refractivity contribution in [2.75, 3.05) is 6.61 Å². The molecule has 1 rings (SSSR count). The third-order valence-corrected chi connectivity index (χ3v) is 3.10. The van der Waals surface area contributed by atoms with Gasteiger partial charge in [-0.15, -0.1) is 0 Å². The zero-order chi connectivity index (χ0) is 11.1. The Balaban J connectivity index is 2.57. The third kappa shape index (κ3) is 4.08. The molecule has 1 unspecified atom stereocenters. The highest BCUT2D eigenvalue weighted by Crippen LogP contribution is 2.29. The van der Waals surface area contributed by atoms with Crippen LogP contribution in [0.3, 0.4) is 0 Å². The van der Waals surface area contributed by atoms with Crippen molar-refractivity contribution in [2.24, 2.45) is 11.0 Å². The summed E-state index contributed by atoms with van der Waals surface area (Å²) in [5.41, 5.74) is 8.47. The van der Waals surface area contributed by atoms with E-state index in [0.717, 1.165) is 25.7 Å². The van der Waals surface area contributed by atoms with Crippen molar-refractivity contribution in [1.29, 1.82) is 0 Å². The zero-order valence-corrected chi connectivity index (χ0v) is 8.92. The van der Waals surface area contributed by atoms with E-state index < -0.39 is 6.10 Å². The Morgan fingerprint density at radius 1 is 1.33 bits per heavy atom. The number of hydrogen-bond donors (Lipinski definition) is 2. The second-order valence-corrected chi connectivity index (χ2v) is 4.24. The van der Waals surface area contributed by atoms with Crippen LogP contribution in [0.25, 0.3) is 10.4 Å². The van der Waals surface area contributed by atoms with Gasteiger partial charge in [0.05, 0.1) is 12.7 Å². The first-order valence-electron chi connectivity index (χ1n) is 5.61. The van der Waals surface area contributed by atoms with Gasteiger partial charge in [-0.25, -0.2) is 0 Å². The van der Waals surface area contributed by atoms with Gasteiger partial charge in [0, 0.05) is 11.0 Å². The Hall–Kier alpha value is -0.770. The van der Waals surface area contributed by atoms with Crippen LogP contribution in [0.15, 0.2) is 5.11 Å². The van der Waals surface area contributed by atoms with Crippen LogP contribution in [-0.4, -0.2) is 29.0 Å². The van der Waals surface area contributed by atoms with Crippen LogP contribution >= 0.6 is 0 Å². The van der Waals surface area contributed by atoms with Gasteiger partial charge in [-0.3, -0.25) is 0 Å². The fraction of sp³-hybridized carbons (Fsp3) is 1.00. The second-order valence-electron chi connectivity index (χ2n) is 4.24. The first-order chi connectivity index (χ1) is 7.27. The van der Waals surface area contributed by atoms with E-state index in [0.29, 0.717) is 6.42 Å². The molecule has 1 fully saturated rings. The van der Waals surface area contributed by atoms with Gasteiger partial charge in [-0.2, -0.15) is 0 Å². The quantitative estimate of drug-likeness (QED) is 0.323. The number of azide groups is 1. The normalized spacial score (nSPS) is 28.9. The molecular weight excluding hydrogens is 194 g/mol. The van der Waals surface area contributed by atoms with Gasteiger partial charge in [0.1, 0.15) is 0 Å². The first-order valence-corrected chi connectivity index (χ1v) is 5.61. The minimum absolute atomic E-state index is 0.00120. The van der Waals surface area contributed by atoms with Gasteiger partial charge < -0.3 is 10.2 Å². The molecule has 1 aliphatic rings. The number of aliphatic hydroxyl groups excluding tert-OH is 2. The Kier molecular flexibility index (Phi) is 5.47. The van der Waals surface area contributed by atoms with Crippen LogP contribution in [0.1, 0.15) is 38.5 Å². The van der Waals surface area contributed by atoms with Crippen LogP contribution in [0.2, 0.25) is 0 Å². The third-order valence-electron chi connectivity index (χ3n) is 3.10. The number of rotatable bonds is 4. The van der Waals surface area contributed by atoms with Crippen molar-refractivity contribution in [3.05, 3.63) is 10.4 Å². The molecule has 86 valence electrons. The number of aliphatic hydroxyl groups is 2. The van der Waals surface area contributed by atoms with Crippen LogP contribution in [0.4, 0.5) is 0 Å². The van der Waals surface area contributed by atoms with E-state index in [9.17, 15) is 5.11 Å². The zero-order valence-electron chi connectivity index (χ0n) is 8.92. The molecule has 1 aliphatic carbocycles. The fourth-order valence-electron chi connectivity index (χ4n) is 2.28. The molecule has 1 saturated carbocycles. The summed E-state index contributed by atoms with van der Waals surface area (Å²) in [5, 5.41) is 22.0. The predicted molar refractivity (Wildman–Crippen MR) is 57.2 cm³/mol. The molecule has 15 heavy (non-hydrogen) atoms. The summed E-state index contributed by atoms with van der Waals surface area (Å²) in [7, 11) is 0. The first kappa shape index (κ1) is 12.3. The topological polar surface area (TPSA) is 89.2 Å². The Morgan fingerprint density at radius 3 is 2.73 bits per heavy atom. The van der Waals surface area contributed by atoms with E-state index in [1.807, 2.05) is 0 Å². The summed E-state index contributed by atoms with van der Waals surface area (Å²) in [5.74, 6) is 0.227. The van der Waals surface area contributed by atoms with E-state index >= 15 is 0 Å². The molecular formula is C10H19N3O2. The summed E-state index contributed by atoms with van der Waals surface area (Å²) < 4.78 is 0. The molecule has 0 aliphatic heterocycles. The highest BCUT2D eigenvalue weighted by molar-refractivity contribution is 4.81. The standard InChI is InChI=1S/C10H19N3O2/c11-13-12-10-5-3-1-2-4-8(10)6-9(15)7-14/h8-10,14-15H,1-7H2/t8-,9?,10-/m0/s1. The molecule has 0 aromatic rings. The molecule has 0 amide bonds. The van der Waals surface area contributed by atoms with Crippen LogP contribution < -0.4 is 0 Å². The molecule has 0 radical (unpaired) electrons. The van der Waals surface area contributed by atoms with Crippen molar-refractivity contribution in [3.63, 3.8) is 0 Å². The molecule has 0 heterocycles. The van der Waals surface area contributed by atoms with E-state index in [4.69, 9.17) is 10.6 Å². The lowest BCUT2D eigenvalue weighted by atomic mass is 9.90. The molecule has 5 heteroatoms. The van der Waals surface area contributed by atoms with Crippen LogP contribution in [0.5, 0.6) is 0 Å². The Morgan fingerprint density at radius 2 is 2.07 bits per heavy atom. The molecule has 0 aromatic heterocycles. The second kappa shape index (κ2) is 6.67. The van der Waals surface area contributed by atoms with Gasteiger partial charge >= 0.3 is 0 Å². The van der Waals surface area contributed by atoms with Gasteiger partial charge in [0.2, 0.25) is 0 Å². The lowest BCUT2D eigenvalue weighted by Crippen LogP contribution is -2.24. The van der Waals surface area contributed by atoms with Gasteiger partial charge in [0.25, 0.3) is 0 Å². The molecule has 0 spiro atoms. The molecule has 5 nitrogen and oxygen atoms in total. The maximum absolute atomic E-state index is 9.40. The summed E-state index contributed by atoms with van der Waals surface area (Å²) in [6.45, 7) is -0.209. The van der Waals surface area contributed by atoms with E-state index in [2.05, 4.69) is 10.0 Å². The van der Waals surface area contributed by atoms with Crippen molar-refractivity contribution in [1.82, 2.24) is 0 Å². The molecule has 2 N–H and O–H groups in total. The maximum atomic E-state index is 9.40. The minimum atomic E-state index is -0.676. The lowest BCUT2D eigenvalue weighted by Gasteiger charge is -2.22. The van der Waals surface area contributed by atoms with Crippen molar-refractivity contribution in [3.8, 4) is 0 Å². The Bertz CT molecular complexity index is 229. The lowest BCUT2D eigenvalue weighted by molar-refractivity contribution is 0.0690.